The largest absolute Gasteiger partial charge is 0.485 e. The molecule has 7 atom stereocenters. The van der Waals surface area contributed by atoms with Crippen LogP contribution in [0.15, 0.2) is 170 Å². The molecule has 1 fully saturated rings. The van der Waals surface area contributed by atoms with Crippen molar-refractivity contribution < 1.29 is 4.74 Å². The van der Waals surface area contributed by atoms with Gasteiger partial charge in [-0.1, -0.05) is 109 Å². The molecule has 4 heteroatoms. The third-order valence-corrected chi connectivity index (χ3v) is 13.7. The van der Waals surface area contributed by atoms with E-state index in [9.17, 15) is 0 Å². The summed E-state index contributed by atoms with van der Waals surface area (Å²) < 4.78 is 8.99. The van der Waals surface area contributed by atoms with Gasteiger partial charge in [-0.3, -0.25) is 4.98 Å². The highest BCUT2D eigenvalue weighted by molar-refractivity contribution is 5.94. The minimum absolute atomic E-state index is 0.100. The van der Waals surface area contributed by atoms with Crippen molar-refractivity contribution in [1.29, 1.82) is 0 Å². The first-order valence-electron chi connectivity index (χ1n) is 21.0. The van der Waals surface area contributed by atoms with E-state index in [1.807, 2.05) is 12.4 Å². The van der Waals surface area contributed by atoms with E-state index in [1.165, 1.54) is 74.2 Å². The van der Waals surface area contributed by atoms with Crippen molar-refractivity contribution in [1.82, 2.24) is 9.55 Å². The molecule has 3 aromatic carbocycles. The molecule has 2 aromatic heterocycles. The number of hydrogen-bond acceptors (Lipinski definition) is 3. The molecule has 7 aliphatic rings. The van der Waals surface area contributed by atoms with Gasteiger partial charge in [-0.05, 0) is 114 Å². The third-order valence-electron chi connectivity index (χ3n) is 13.7. The van der Waals surface area contributed by atoms with Crippen LogP contribution >= 0.6 is 0 Å². The van der Waals surface area contributed by atoms with E-state index in [0.717, 1.165) is 25.0 Å². The molecule has 2 aliphatic heterocycles. The fourth-order valence-corrected chi connectivity index (χ4v) is 11.1. The smallest absolute Gasteiger partial charge is 0.128 e. The molecular formula is C53H45N3O. The molecule has 1 saturated heterocycles. The van der Waals surface area contributed by atoms with Crippen molar-refractivity contribution in [2.24, 2.45) is 11.8 Å². The fraction of sp³-hybridized carbons (Fsp3) is 0.226. The van der Waals surface area contributed by atoms with E-state index < -0.39 is 0 Å². The number of aryl methyl sites for hydroxylation is 1. The lowest BCUT2D eigenvalue weighted by atomic mass is 9.80. The van der Waals surface area contributed by atoms with Crippen molar-refractivity contribution >= 4 is 33.4 Å². The molecule has 57 heavy (non-hydrogen) atoms. The quantitative estimate of drug-likeness (QED) is 0.180. The minimum atomic E-state index is 0.100. The van der Waals surface area contributed by atoms with Crippen LogP contribution in [0.4, 0.5) is 5.69 Å². The van der Waals surface area contributed by atoms with Crippen LogP contribution in [0.5, 0.6) is 5.75 Å². The molecule has 5 aromatic rings. The van der Waals surface area contributed by atoms with Gasteiger partial charge in [0, 0.05) is 64.1 Å². The molecule has 4 heterocycles. The lowest BCUT2D eigenvalue weighted by Crippen LogP contribution is -2.36. The summed E-state index contributed by atoms with van der Waals surface area (Å²) >= 11 is 0. The van der Waals surface area contributed by atoms with Gasteiger partial charge < -0.3 is 14.2 Å². The lowest BCUT2D eigenvalue weighted by Gasteiger charge is -2.32. The van der Waals surface area contributed by atoms with E-state index in [2.05, 4.69) is 172 Å². The number of hydrogen-bond donors (Lipinski definition) is 0. The van der Waals surface area contributed by atoms with E-state index in [4.69, 9.17) is 4.74 Å². The number of pyridine rings is 1. The van der Waals surface area contributed by atoms with Crippen LogP contribution in [0.1, 0.15) is 64.6 Å². The molecule has 0 bridgehead atoms. The van der Waals surface area contributed by atoms with Gasteiger partial charge in [0.2, 0.25) is 0 Å². The summed E-state index contributed by atoms with van der Waals surface area (Å²) in [7, 11) is 0. The zero-order chi connectivity index (χ0) is 37.5. The van der Waals surface area contributed by atoms with Crippen molar-refractivity contribution in [2.75, 3.05) is 4.90 Å². The Bertz CT molecular complexity index is 2680. The predicted molar refractivity (Wildman–Crippen MR) is 233 cm³/mol. The topological polar surface area (TPSA) is 30.3 Å². The van der Waals surface area contributed by atoms with Gasteiger partial charge in [0.15, 0.2) is 0 Å². The van der Waals surface area contributed by atoms with Crippen LogP contribution < -0.4 is 9.64 Å². The first-order valence-corrected chi connectivity index (χ1v) is 21.0. The zero-order valence-corrected chi connectivity index (χ0v) is 32.0. The molecular weight excluding hydrogens is 695 g/mol. The van der Waals surface area contributed by atoms with Crippen LogP contribution in [-0.2, 0) is 12.8 Å². The maximum absolute atomic E-state index is 6.34. The predicted octanol–water partition coefficient (Wildman–Crippen LogP) is 11.6. The molecule has 0 amide bonds. The van der Waals surface area contributed by atoms with Gasteiger partial charge >= 0.3 is 0 Å². The van der Waals surface area contributed by atoms with E-state index in [0.29, 0.717) is 17.9 Å². The van der Waals surface area contributed by atoms with E-state index in [1.54, 1.807) is 5.56 Å². The Morgan fingerprint density at radius 2 is 1.58 bits per heavy atom. The van der Waals surface area contributed by atoms with Crippen LogP contribution in [-0.4, -0.2) is 27.7 Å². The Morgan fingerprint density at radius 3 is 2.51 bits per heavy atom. The van der Waals surface area contributed by atoms with Crippen molar-refractivity contribution in [2.45, 2.75) is 62.1 Å². The maximum atomic E-state index is 6.34. The lowest BCUT2D eigenvalue weighted by molar-refractivity contribution is 0.269. The molecule has 278 valence electrons. The van der Waals surface area contributed by atoms with Gasteiger partial charge in [-0.15, -0.1) is 0 Å². The Kier molecular flexibility index (Phi) is 7.67. The van der Waals surface area contributed by atoms with Crippen LogP contribution in [0.3, 0.4) is 0 Å². The van der Waals surface area contributed by atoms with Gasteiger partial charge in [0.05, 0.1) is 17.6 Å². The average molecular weight is 740 g/mol. The molecule has 0 saturated carbocycles. The summed E-state index contributed by atoms with van der Waals surface area (Å²) in [5.74, 6) is 2.34. The summed E-state index contributed by atoms with van der Waals surface area (Å²) in [5.41, 5.74) is 14.8. The molecule has 4 nitrogen and oxygen atoms in total. The molecule has 0 N–H and O–H groups in total. The molecule has 12 rings (SSSR count). The highest BCUT2D eigenvalue weighted by Crippen LogP contribution is 2.50. The summed E-state index contributed by atoms with van der Waals surface area (Å²) in [5, 5.41) is 1.42. The molecule has 0 spiro atoms. The van der Waals surface area contributed by atoms with Crippen LogP contribution in [0.2, 0.25) is 0 Å². The summed E-state index contributed by atoms with van der Waals surface area (Å²) in [6.45, 7) is 0. The average Bonchev–Trinajstić information content (AvgIpc) is 3.94. The highest BCUT2D eigenvalue weighted by Gasteiger charge is 2.47. The molecule has 7 unspecified atom stereocenters. The Labute approximate surface area is 334 Å². The Hall–Kier alpha value is -6.13. The highest BCUT2D eigenvalue weighted by atomic mass is 16.5. The first kappa shape index (κ1) is 33.1. The van der Waals surface area contributed by atoms with E-state index in [-0.39, 0.29) is 24.0 Å². The number of ether oxygens (including phenoxy) is 1. The number of fused-ring (bicyclic) bond motifs is 9. The second-order valence-electron chi connectivity index (χ2n) is 16.8. The number of nitrogens with zero attached hydrogens (tertiary/aromatic N) is 3. The van der Waals surface area contributed by atoms with Crippen LogP contribution in [0, 0.1) is 11.8 Å². The maximum Gasteiger partial charge on any atom is 0.128 e. The summed E-state index contributed by atoms with van der Waals surface area (Å²) in [4.78, 5) is 7.19. The summed E-state index contributed by atoms with van der Waals surface area (Å²) in [6.07, 6.45) is 40.2. The first-order chi connectivity index (χ1) is 28.2. The van der Waals surface area contributed by atoms with Gasteiger partial charge in [0.25, 0.3) is 0 Å². The number of rotatable bonds is 5. The third kappa shape index (κ3) is 5.37. The minimum Gasteiger partial charge on any atom is -0.485 e. The van der Waals surface area contributed by atoms with Crippen molar-refractivity contribution in [3.63, 3.8) is 0 Å². The van der Waals surface area contributed by atoms with Gasteiger partial charge in [0.1, 0.15) is 11.9 Å². The summed E-state index contributed by atoms with van der Waals surface area (Å²) in [6, 6.07) is 30.0. The van der Waals surface area contributed by atoms with Crippen LogP contribution in [0.25, 0.3) is 27.7 Å². The normalized spacial score (nSPS) is 27.5. The number of allylic oxidation sites excluding steroid dienone is 10. The standard InChI is InChI=1S/C53H45N3O/c1-2-11-34(12-3-1)38-27-39(37-13-10-26-54-33-37)29-41(28-38)56-49-18-8-5-15-43(49)46-31-36(21-24-51(46)56)35-20-23-50-45(30-35)42-14-4-7-17-48(42)55(50)40-22-25-53-47(32-40)44-16-6-9-19-52(44)57-53/h1-4,6-7,9-14,16-17,19-28,30-33,39,42,44-45,48,50,52H,5,8,15,18,29H2. The number of benzene rings is 3. The second kappa shape index (κ2) is 13.2. The van der Waals surface area contributed by atoms with E-state index >= 15 is 0 Å². The van der Waals surface area contributed by atoms with Gasteiger partial charge in [-0.25, -0.2) is 0 Å². The monoisotopic (exact) mass is 739 g/mol. The number of anilines is 1. The zero-order valence-electron chi connectivity index (χ0n) is 32.0. The fourth-order valence-electron chi connectivity index (χ4n) is 11.1. The Morgan fingerprint density at radius 1 is 0.702 bits per heavy atom. The van der Waals surface area contributed by atoms with Crippen molar-refractivity contribution in [3.05, 3.63) is 204 Å². The second-order valence-corrected chi connectivity index (χ2v) is 16.8. The number of aromatic nitrogens is 2. The Balaban J connectivity index is 0.915. The molecule has 0 radical (unpaired) electrons. The van der Waals surface area contributed by atoms with Gasteiger partial charge in [-0.2, -0.15) is 0 Å². The SMILES string of the molecule is C1=CC2Oc3ccc(N4C5C=CC=CC5C5C=C(c6ccc7c(c6)c6c(n7C7=CC(c8ccccc8)=CC(c8cccnc8)C7)CCCC6)C=CC54)cc3C2C=C1. The van der Waals surface area contributed by atoms with Crippen molar-refractivity contribution in [3.8, 4) is 5.75 Å². The molecule has 5 aliphatic carbocycles.